The van der Waals surface area contributed by atoms with Crippen molar-refractivity contribution in [3.63, 3.8) is 0 Å². The number of likely N-dealkylation sites (N-methyl/N-ethyl adjacent to an activating group) is 1. The number of hydrogen-bond acceptors (Lipinski definition) is 4. The van der Waals surface area contributed by atoms with Gasteiger partial charge in [-0.3, -0.25) is 9.69 Å². The zero-order chi connectivity index (χ0) is 18.0. The molecular formula is C18H28N2O3S. The lowest BCUT2D eigenvalue weighted by Crippen LogP contribution is -2.44. The van der Waals surface area contributed by atoms with Gasteiger partial charge in [-0.15, -0.1) is 0 Å². The molecule has 0 radical (unpaired) electrons. The average molecular weight is 353 g/mol. The summed E-state index contributed by atoms with van der Waals surface area (Å²) < 4.78 is 23.1. The van der Waals surface area contributed by atoms with Crippen molar-refractivity contribution in [1.29, 1.82) is 0 Å². The van der Waals surface area contributed by atoms with Crippen LogP contribution in [0, 0.1) is 6.92 Å². The van der Waals surface area contributed by atoms with Crippen molar-refractivity contribution >= 4 is 15.7 Å². The monoisotopic (exact) mass is 352 g/mol. The number of amides is 1. The van der Waals surface area contributed by atoms with E-state index >= 15 is 0 Å². The van der Waals surface area contributed by atoms with Gasteiger partial charge >= 0.3 is 0 Å². The third-order valence-electron chi connectivity index (χ3n) is 4.75. The van der Waals surface area contributed by atoms with E-state index in [1.807, 2.05) is 18.0 Å². The Bertz CT molecular complexity index is 698. The van der Waals surface area contributed by atoms with E-state index in [0.29, 0.717) is 13.0 Å². The van der Waals surface area contributed by atoms with Crippen molar-refractivity contribution in [2.45, 2.75) is 38.6 Å². The van der Waals surface area contributed by atoms with Crippen molar-refractivity contribution < 1.29 is 13.2 Å². The van der Waals surface area contributed by atoms with Crippen LogP contribution in [-0.2, 0) is 20.0 Å². The molecule has 1 aliphatic rings. The fourth-order valence-corrected chi connectivity index (χ4v) is 4.83. The van der Waals surface area contributed by atoms with Gasteiger partial charge in [0.05, 0.1) is 18.1 Å². The van der Waals surface area contributed by atoms with Crippen molar-refractivity contribution in [2.24, 2.45) is 0 Å². The Morgan fingerprint density at radius 3 is 2.67 bits per heavy atom. The maximum absolute atomic E-state index is 12.2. The molecule has 0 spiro atoms. The minimum absolute atomic E-state index is 0.0504. The largest absolute Gasteiger partial charge is 0.354 e. The molecule has 1 heterocycles. The first-order chi connectivity index (χ1) is 11.1. The van der Waals surface area contributed by atoms with E-state index < -0.39 is 9.84 Å². The number of nitrogens with one attached hydrogen (secondary N) is 1. The molecule has 1 saturated heterocycles. The van der Waals surface area contributed by atoms with E-state index in [-0.39, 0.29) is 35.4 Å². The second kappa shape index (κ2) is 7.23. The maximum atomic E-state index is 12.2. The van der Waals surface area contributed by atoms with Gasteiger partial charge in [0.2, 0.25) is 5.91 Å². The number of aryl methyl sites for hydroxylation is 1. The molecule has 134 valence electrons. The molecule has 1 atom stereocenters. The van der Waals surface area contributed by atoms with Crippen LogP contribution in [-0.4, -0.2) is 56.9 Å². The van der Waals surface area contributed by atoms with Crippen molar-refractivity contribution in [3.8, 4) is 0 Å². The van der Waals surface area contributed by atoms with Crippen molar-refractivity contribution in [3.05, 3.63) is 35.4 Å². The van der Waals surface area contributed by atoms with Gasteiger partial charge in [-0.25, -0.2) is 8.42 Å². The van der Waals surface area contributed by atoms with Gasteiger partial charge in [0.1, 0.15) is 0 Å². The average Bonchev–Trinajstić information content (AvgIpc) is 2.86. The van der Waals surface area contributed by atoms with Gasteiger partial charge in [0.15, 0.2) is 9.84 Å². The second-order valence-electron chi connectivity index (χ2n) is 7.50. The molecule has 0 saturated carbocycles. The molecule has 2 rings (SSSR count). The quantitative estimate of drug-likeness (QED) is 0.843. The summed E-state index contributed by atoms with van der Waals surface area (Å²) in [6, 6.07) is 8.26. The molecule has 6 heteroatoms. The Labute approximate surface area is 145 Å². The van der Waals surface area contributed by atoms with Gasteiger partial charge in [0.25, 0.3) is 0 Å². The van der Waals surface area contributed by atoms with Crippen molar-refractivity contribution in [1.82, 2.24) is 10.2 Å². The SMILES string of the molecule is Cc1cccc(C(C)(C)CNC(=O)CN(C)C2CCS(=O)(=O)C2)c1. The van der Waals surface area contributed by atoms with Gasteiger partial charge in [-0.1, -0.05) is 43.7 Å². The number of sulfone groups is 1. The van der Waals surface area contributed by atoms with Crippen LogP contribution in [0.15, 0.2) is 24.3 Å². The summed E-state index contributed by atoms with van der Waals surface area (Å²) >= 11 is 0. The molecule has 0 aromatic heterocycles. The molecular weight excluding hydrogens is 324 g/mol. The Hall–Kier alpha value is -1.40. The highest BCUT2D eigenvalue weighted by molar-refractivity contribution is 7.91. The second-order valence-corrected chi connectivity index (χ2v) is 9.73. The first-order valence-corrected chi connectivity index (χ1v) is 10.2. The molecule has 1 fully saturated rings. The summed E-state index contributed by atoms with van der Waals surface area (Å²) in [5, 5.41) is 2.99. The van der Waals surface area contributed by atoms with E-state index in [1.165, 1.54) is 11.1 Å². The highest BCUT2D eigenvalue weighted by Crippen LogP contribution is 2.23. The fourth-order valence-electron chi connectivity index (χ4n) is 3.02. The van der Waals surface area contributed by atoms with Gasteiger partial charge in [-0.05, 0) is 26.0 Å². The zero-order valence-electron chi connectivity index (χ0n) is 15.0. The predicted octanol–water partition coefficient (Wildman–Crippen LogP) is 1.51. The number of carbonyl (C=O) groups excluding carboxylic acids is 1. The maximum Gasteiger partial charge on any atom is 0.234 e. The van der Waals surface area contributed by atoms with Crippen LogP contribution in [0.3, 0.4) is 0 Å². The molecule has 1 N–H and O–H groups in total. The highest BCUT2D eigenvalue weighted by Gasteiger charge is 2.31. The van der Waals surface area contributed by atoms with Crippen LogP contribution in [0.4, 0.5) is 0 Å². The van der Waals surface area contributed by atoms with Crippen LogP contribution in [0.1, 0.15) is 31.4 Å². The number of carbonyl (C=O) groups is 1. The van der Waals surface area contributed by atoms with E-state index in [0.717, 1.165) is 0 Å². The third kappa shape index (κ3) is 5.05. The van der Waals surface area contributed by atoms with E-state index in [4.69, 9.17) is 0 Å². The lowest BCUT2D eigenvalue weighted by Gasteiger charge is -2.27. The first kappa shape index (κ1) is 18.9. The lowest BCUT2D eigenvalue weighted by molar-refractivity contribution is -0.122. The zero-order valence-corrected chi connectivity index (χ0v) is 15.8. The number of nitrogens with zero attached hydrogens (tertiary/aromatic N) is 1. The van der Waals surface area contributed by atoms with Crippen LogP contribution in [0.25, 0.3) is 0 Å². The summed E-state index contributed by atoms with van der Waals surface area (Å²) in [6.45, 7) is 7.05. The summed E-state index contributed by atoms with van der Waals surface area (Å²) in [5.74, 6) is 0.317. The van der Waals surface area contributed by atoms with Crippen LogP contribution < -0.4 is 5.32 Å². The summed E-state index contributed by atoms with van der Waals surface area (Å²) in [4.78, 5) is 14.1. The lowest BCUT2D eigenvalue weighted by atomic mass is 9.84. The molecule has 5 nitrogen and oxygen atoms in total. The molecule has 1 amide bonds. The molecule has 1 aromatic carbocycles. The Morgan fingerprint density at radius 2 is 2.08 bits per heavy atom. The molecule has 0 bridgehead atoms. The van der Waals surface area contributed by atoms with Crippen molar-refractivity contribution in [2.75, 3.05) is 31.6 Å². The van der Waals surface area contributed by atoms with Gasteiger partial charge < -0.3 is 5.32 Å². The fraction of sp³-hybridized carbons (Fsp3) is 0.611. The Morgan fingerprint density at radius 1 is 1.38 bits per heavy atom. The normalized spacial score (nSPS) is 20.3. The predicted molar refractivity (Wildman–Crippen MR) is 96.9 cm³/mol. The van der Waals surface area contributed by atoms with Gasteiger partial charge in [-0.2, -0.15) is 0 Å². The van der Waals surface area contributed by atoms with E-state index in [9.17, 15) is 13.2 Å². The summed E-state index contributed by atoms with van der Waals surface area (Å²) in [7, 11) is -1.11. The number of rotatable bonds is 6. The molecule has 1 unspecified atom stereocenters. The van der Waals surface area contributed by atoms with E-state index in [2.05, 4.69) is 44.3 Å². The smallest absolute Gasteiger partial charge is 0.234 e. The minimum Gasteiger partial charge on any atom is -0.354 e. The van der Waals surface area contributed by atoms with Crippen LogP contribution >= 0.6 is 0 Å². The number of hydrogen-bond donors (Lipinski definition) is 1. The standard InChI is InChI=1S/C18H28N2O3S/c1-14-6-5-7-15(10-14)18(2,3)13-19-17(21)11-20(4)16-8-9-24(22,23)12-16/h5-7,10,16H,8-9,11-13H2,1-4H3,(H,19,21). The summed E-state index contributed by atoms with van der Waals surface area (Å²) in [5.41, 5.74) is 2.24. The number of benzene rings is 1. The Kier molecular flexibility index (Phi) is 5.71. The molecule has 24 heavy (non-hydrogen) atoms. The first-order valence-electron chi connectivity index (χ1n) is 8.33. The van der Waals surface area contributed by atoms with Crippen LogP contribution in [0.5, 0.6) is 0 Å². The molecule has 1 aromatic rings. The highest BCUT2D eigenvalue weighted by atomic mass is 32.2. The molecule has 1 aliphatic heterocycles. The van der Waals surface area contributed by atoms with Crippen LogP contribution in [0.2, 0.25) is 0 Å². The third-order valence-corrected chi connectivity index (χ3v) is 6.50. The minimum atomic E-state index is -2.93. The topological polar surface area (TPSA) is 66.5 Å². The van der Waals surface area contributed by atoms with E-state index in [1.54, 1.807) is 0 Å². The van der Waals surface area contributed by atoms with Gasteiger partial charge in [0, 0.05) is 18.0 Å². The summed E-state index contributed by atoms with van der Waals surface area (Å²) in [6.07, 6.45) is 0.612. The molecule has 0 aliphatic carbocycles. The Balaban J connectivity index is 1.86.